The number of likely N-dealkylation sites (N-methyl/N-ethyl adjacent to an activating group) is 1. The van der Waals surface area contributed by atoms with Gasteiger partial charge in [-0.15, -0.1) is 0 Å². The number of esters is 1. The van der Waals surface area contributed by atoms with E-state index in [4.69, 9.17) is 13.8 Å². The summed E-state index contributed by atoms with van der Waals surface area (Å²) in [6, 6.07) is 0. The van der Waals surface area contributed by atoms with Gasteiger partial charge in [-0.05, 0) is 26.3 Å². The molecule has 2 atom stereocenters. The minimum atomic E-state index is -1.93. The second-order valence-electron chi connectivity index (χ2n) is 9.42. The Morgan fingerprint density at radius 1 is 0.765 bits per heavy atom. The van der Waals surface area contributed by atoms with E-state index in [0.717, 1.165) is 25.7 Å². The molecule has 0 aromatic heterocycles. The number of hydrogen-bond acceptors (Lipinski definition) is 6. The summed E-state index contributed by atoms with van der Waals surface area (Å²) >= 11 is 0. The first-order valence-electron chi connectivity index (χ1n) is 14.2. The zero-order chi connectivity index (χ0) is 25.1. The zero-order valence-electron chi connectivity index (χ0n) is 22.7. The molecule has 0 heterocycles. The molecule has 0 bridgehead atoms. The largest absolute Gasteiger partial charge is 0.460 e. The lowest BCUT2D eigenvalue weighted by Crippen LogP contribution is -2.23. The standard InChI is InChI=1S/C27H56NO5P/c1-4-6-7-8-9-10-11-12-13-14-15-16-17-18-19-20-22-26(33-27(29)21-5-2)25-32-34(30)31-24-23-28-3/h26,28,30H,4-25H2,1-3H3. The number of carbonyl (C=O) groups is 1. The van der Waals surface area contributed by atoms with E-state index in [0.29, 0.717) is 19.6 Å². The average Bonchev–Trinajstić information content (AvgIpc) is 2.82. The van der Waals surface area contributed by atoms with Crippen molar-refractivity contribution in [1.82, 2.24) is 5.32 Å². The topological polar surface area (TPSA) is 77.0 Å². The van der Waals surface area contributed by atoms with Crippen LogP contribution in [0.3, 0.4) is 0 Å². The molecule has 34 heavy (non-hydrogen) atoms. The molecule has 0 fully saturated rings. The molecule has 0 radical (unpaired) electrons. The van der Waals surface area contributed by atoms with Crippen molar-refractivity contribution in [1.29, 1.82) is 0 Å². The average molecular weight is 506 g/mol. The van der Waals surface area contributed by atoms with Crippen molar-refractivity contribution in [2.45, 2.75) is 142 Å². The van der Waals surface area contributed by atoms with Crippen LogP contribution in [-0.2, 0) is 18.6 Å². The van der Waals surface area contributed by atoms with Gasteiger partial charge in [0.2, 0.25) is 0 Å². The van der Waals surface area contributed by atoms with E-state index in [1.54, 1.807) is 0 Å². The van der Waals surface area contributed by atoms with Gasteiger partial charge in [-0.25, -0.2) is 0 Å². The van der Waals surface area contributed by atoms with E-state index in [-0.39, 0.29) is 18.7 Å². The molecular formula is C27H56NO5P. The van der Waals surface area contributed by atoms with Crippen LogP contribution >= 0.6 is 8.60 Å². The first-order valence-corrected chi connectivity index (χ1v) is 15.4. The van der Waals surface area contributed by atoms with Gasteiger partial charge in [0.1, 0.15) is 6.10 Å². The number of carbonyl (C=O) groups excluding carboxylic acids is 1. The van der Waals surface area contributed by atoms with Crippen LogP contribution in [0.4, 0.5) is 0 Å². The van der Waals surface area contributed by atoms with Crippen LogP contribution in [0.5, 0.6) is 0 Å². The summed E-state index contributed by atoms with van der Waals surface area (Å²) in [6.45, 7) is 5.47. The number of nitrogens with one attached hydrogen (secondary N) is 1. The highest BCUT2D eigenvalue weighted by molar-refractivity contribution is 7.40. The molecule has 0 aromatic carbocycles. The van der Waals surface area contributed by atoms with E-state index >= 15 is 0 Å². The summed E-state index contributed by atoms with van der Waals surface area (Å²) < 4.78 is 16.2. The third kappa shape index (κ3) is 24.9. The quantitative estimate of drug-likeness (QED) is 0.0673. The van der Waals surface area contributed by atoms with Gasteiger partial charge >= 0.3 is 14.6 Å². The van der Waals surface area contributed by atoms with E-state index in [9.17, 15) is 9.69 Å². The molecule has 204 valence electrons. The van der Waals surface area contributed by atoms with Gasteiger partial charge in [-0.1, -0.05) is 110 Å². The monoisotopic (exact) mass is 505 g/mol. The Hall–Kier alpha value is -0.260. The third-order valence-electron chi connectivity index (χ3n) is 6.06. The molecule has 2 N–H and O–H groups in total. The van der Waals surface area contributed by atoms with Gasteiger partial charge in [-0.2, -0.15) is 0 Å². The maximum absolute atomic E-state index is 11.9. The lowest BCUT2D eigenvalue weighted by molar-refractivity contribution is -0.151. The van der Waals surface area contributed by atoms with Crippen LogP contribution in [0.25, 0.3) is 0 Å². The second-order valence-corrected chi connectivity index (χ2v) is 10.4. The summed E-state index contributed by atoms with van der Waals surface area (Å²) in [5, 5.41) is 2.95. The van der Waals surface area contributed by atoms with Crippen molar-refractivity contribution in [2.24, 2.45) is 0 Å². The molecule has 0 amide bonds. The predicted octanol–water partition coefficient (Wildman–Crippen LogP) is 7.82. The predicted molar refractivity (Wildman–Crippen MR) is 144 cm³/mol. The van der Waals surface area contributed by atoms with Crippen LogP contribution in [0.15, 0.2) is 0 Å². The highest BCUT2D eigenvalue weighted by Gasteiger charge is 2.17. The highest BCUT2D eigenvalue weighted by Crippen LogP contribution is 2.33. The molecule has 0 aromatic rings. The zero-order valence-corrected chi connectivity index (χ0v) is 23.6. The number of hydrogen-bond donors (Lipinski definition) is 2. The van der Waals surface area contributed by atoms with Crippen LogP contribution in [0, 0.1) is 0 Å². The first-order chi connectivity index (χ1) is 16.6. The van der Waals surface area contributed by atoms with E-state index in [1.165, 1.54) is 89.9 Å². The Morgan fingerprint density at radius 3 is 1.74 bits per heavy atom. The smallest absolute Gasteiger partial charge is 0.330 e. The van der Waals surface area contributed by atoms with Gasteiger partial charge in [0.15, 0.2) is 0 Å². The minimum absolute atomic E-state index is 0.189. The summed E-state index contributed by atoms with van der Waals surface area (Å²) in [6.07, 6.45) is 23.0. The van der Waals surface area contributed by atoms with Crippen molar-refractivity contribution < 1.29 is 23.5 Å². The van der Waals surface area contributed by atoms with E-state index < -0.39 is 8.60 Å². The Kier molecular flexibility index (Phi) is 27.1. The fraction of sp³-hybridized carbons (Fsp3) is 0.963. The van der Waals surface area contributed by atoms with Crippen molar-refractivity contribution in [3.63, 3.8) is 0 Å². The molecule has 0 spiro atoms. The molecule has 0 aliphatic rings. The molecule has 0 aliphatic carbocycles. The second kappa shape index (κ2) is 27.3. The third-order valence-corrected chi connectivity index (χ3v) is 6.83. The molecule has 0 rings (SSSR count). The Morgan fingerprint density at radius 2 is 1.26 bits per heavy atom. The first kappa shape index (κ1) is 33.7. The van der Waals surface area contributed by atoms with Gasteiger partial charge < -0.3 is 24.0 Å². The SMILES string of the molecule is CCCCCCCCCCCCCCCCCCC(COP(O)OCCNC)OC(=O)CCC. The molecule has 0 saturated carbocycles. The van der Waals surface area contributed by atoms with Gasteiger partial charge in [0.05, 0.1) is 13.2 Å². The Labute approximate surface area is 212 Å². The van der Waals surface area contributed by atoms with Gasteiger partial charge in [0, 0.05) is 13.0 Å². The van der Waals surface area contributed by atoms with Crippen molar-refractivity contribution >= 4 is 14.6 Å². The fourth-order valence-electron chi connectivity index (χ4n) is 3.96. The van der Waals surface area contributed by atoms with E-state index in [1.807, 2.05) is 14.0 Å². The fourth-order valence-corrected chi connectivity index (χ4v) is 4.57. The summed E-state index contributed by atoms with van der Waals surface area (Å²) in [4.78, 5) is 21.7. The Balaban J connectivity index is 3.72. The lowest BCUT2D eigenvalue weighted by atomic mass is 10.0. The van der Waals surface area contributed by atoms with Crippen LogP contribution in [-0.4, -0.2) is 43.8 Å². The number of unbranched alkanes of at least 4 members (excludes halogenated alkanes) is 15. The van der Waals surface area contributed by atoms with Crippen molar-refractivity contribution in [2.75, 3.05) is 26.8 Å². The molecule has 7 heteroatoms. The molecule has 0 saturated heterocycles. The lowest BCUT2D eigenvalue weighted by Gasteiger charge is -2.19. The summed E-state index contributed by atoms with van der Waals surface area (Å²) in [5.41, 5.74) is 0. The van der Waals surface area contributed by atoms with Gasteiger partial charge in [0.25, 0.3) is 0 Å². The van der Waals surface area contributed by atoms with E-state index in [2.05, 4.69) is 12.2 Å². The number of rotatable bonds is 27. The molecule has 2 unspecified atom stereocenters. The molecule has 0 aliphatic heterocycles. The molecule has 6 nitrogen and oxygen atoms in total. The number of ether oxygens (including phenoxy) is 1. The van der Waals surface area contributed by atoms with Crippen LogP contribution in [0.1, 0.15) is 136 Å². The molecular weight excluding hydrogens is 449 g/mol. The minimum Gasteiger partial charge on any atom is -0.460 e. The maximum Gasteiger partial charge on any atom is 0.330 e. The van der Waals surface area contributed by atoms with Crippen LogP contribution in [0.2, 0.25) is 0 Å². The van der Waals surface area contributed by atoms with Crippen molar-refractivity contribution in [3.05, 3.63) is 0 Å². The highest BCUT2D eigenvalue weighted by atomic mass is 31.2. The summed E-state index contributed by atoms with van der Waals surface area (Å²) in [7, 11) is -0.104. The Bertz CT molecular complexity index is 428. The maximum atomic E-state index is 11.9. The summed E-state index contributed by atoms with van der Waals surface area (Å²) in [5.74, 6) is -0.189. The normalized spacial score (nSPS) is 13.2. The van der Waals surface area contributed by atoms with Crippen LogP contribution < -0.4 is 5.32 Å². The van der Waals surface area contributed by atoms with Gasteiger partial charge in [-0.3, -0.25) is 4.79 Å². The van der Waals surface area contributed by atoms with Crippen molar-refractivity contribution in [3.8, 4) is 0 Å².